The normalized spacial score (nSPS) is 12.8. The molecule has 418 valence electrons. The monoisotopic (exact) mass is 998 g/mol. The number of nitrogens with one attached hydrogen (secondary N) is 1. The fraction of sp³-hybridized carbons (Fsp3) is 0.877. The highest BCUT2D eigenvalue weighted by atomic mass is 16.5. The van der Waals surface area contributed by atoms with Gasteiger partial charge < -0.3 is 20.3 Å². The summed E-state index contributed by atoms with van der Waals surface area (Å²) in [5, 5.41) is 23.3. The highest BCUT2D eigenvalue weighted by Gasteiger charge is 2.20. The Balaban J connectivity index is 3.42. The van der Waals surface area contributed by atoms with Gasteiger partial charge in [-0.25, -0.2) is 0 Å². The highest BCUT2D eigenvalue weighted by Crippen LogP contribution is 2.17. The van der Waals surface area contributed by atoms with E-state index in [-0.39, 0.29) is 18.5 Å². The molecule has 0 aromatic heterocycles. The van der Waals surface area contributed by atoms with Gasteiger partial charge in [-0.2, -0.15) is 0 Å². The Labute approximate surface area is 443 Å². The third-order valence-electron chi connectivity index (χ3n) is 14.7. The molecule has 0 aliphatic rings. The summed E-state index contributed by atoms with van der Waals surface area (Å²) in [6.45, 7) is 4.94. The van der Waals surface area contributed by atoms with Crippen LogP contribution in [0.5, 0.6) is 0 Å². The van der Waals surface area contributed by atoms with Crippen molar-refractivity contribution in [2.75, 3.05) is 13.2 Å². The maximum Gasteiger partial charge on any atom is 0.305 e. The maximum atomic E-state index is 12.5. The summed E-state index contributed by atoms with van der Waals surface area (Å²) in [6, 6.07) is -0.544. The Morgan fingerprint density at radius 3 is 1.10 bits per heavy atom. The molecule has 71 heavy (non-hydrogen) atoms. The summed E-state index contributed by atoms with van der Waals surface area (Å²) in [5.41, 5.74) is 0. The van der Waals surface area contributed by atoms with Gasteiger partial charge in [-0.1, -0.05) is 281 Å². The molecule has 0 rings (SSSR count). The SMILES string of the molecule is CCCCCC/C=C\CCCCCCCC(=O)OCCCCCCCCCCC/C=C\C/C=C\CCCCCCCCCCCCCC(=O)NC(CO)C(O)CCCCCCCCCCCCCCCC. The number of carbonyl (C=O) groups excluding carboxylic acids is 2. The van der Waals surface area contributed by atoms with E-state index < -0.39 is 12.1 Å². The van der Waals surface area contributed by atoms with Crippen LogP contribution < -0.4 is 5.32 Å². The Hall–Kier alpha value is -1.92. The first kappa shape index (κ1) is 69.1. The zero-order chi connectivity index (χ0) is 51.4. The molecule has 2 unspecified atom stereocenters. The van der Waals surface area contributed by atoms with Crippen LogP contribution in [0.25, 0.3) is 0 Å². The average Bonchev–Trinajstić information content (AvgIpc) is 3.37. The lowest BCUT2D eigenvalue weighted by Gasteiger charge is -2.22. The number of unbranched alkanes of at least 4 members (excludes halogenated alkanes) is 42. The summed E-state index contributed by atoms with van der Waals surface area (Å²) < 4.78 is 5.47. The lowest BCUT2D eigenvalue weighted by atomic mass is 10.0. The first-order valence-corrected chi connectivity index (χ1v) is 31.7. The Morgan fingerprint density at radius 2 is 0.704 bits per heavy atom. The van der Waals surface area contributed by atoms with E-state index in [1.165, 1.54) is 257 Å². The van der Waals surface area contributed by atoms with E-state index >= 15 is 0 Å². The first-order chi connectivity index (χ1) is 35.0. The zero-order valence-corrected chi connectivity index (χ0v) is 47.7. The molecular formula is C65H123NO5. The van der Waals surface area contributed by atoms with E-state index in [0.717, 1.165) is 51.4 Å². The van der Waals surface area contributed by atoms with E-state index in [1.807, 2.05) is 0 Å². The number of carbonyl (C=O) groups is 2. The van der Waals surface area contributed by atoms with Gasteiger partial charge in [-0.05, 0) is 83.5 Å². The van der Waals surface area contributed by atoms with Crippen molar-refractivity contribution in [1.29, 1.82) is 0 Å². The minimum Gasteiger partial charge on any atom is -0.466 e. The minimum atomic E-state index is -0.666. The molecule has 0 fully saturated rings. The standard InChI is InChI=1S/C65H123NO5/c1-3-5-7-9-11-13-15-17-34-37-41-45-49-53-57-63(68)62(61-67)66-64(69)58-54-50-46-42-38-35-31-29-27-25-23-21-19-18-20-22-24-26-28-30-32-36-40-44-48-52-56-60-71-65(70)59-55-51-47-43-39-33-16-14-12-10-8-6-4-2/h14,16,18-19,22,24,62-63,67-68H,3-13,15,17,20-21,23,25-61H2,1-2H3,(H,66,69)/b16-14-,19-18-,24-22-. The van der Waals surface area contributed by atoms with Crippen LogP contribution in [0.3, 0.4) is 0 Å². The number of ether oxygens (including phenoxy) is 1. The third kappa shape index (κ3) is 57.2. The molecule has 1 amide bonds. The van der Waals surface area contributed by atoms with Gasteiger partial charge in [0.25, 0.3) is 0 Å². The molecule has 0 spiro atoms. The minimum absolute atomic E-state index is 0.00136. The molecule has 0 heterocycles. The van der Waals surface area contributed by atoms with E-state index in [9.17, 15) is 19.8 Å². The number of hydrogen-bond donors (Lipinski definition) is 3. The average molecular weight is 999 g/mol. The molecule has 0 radical (unpaired) electrons. The van der Waals surface area contributed by atoms with E-state index in [4.69, 9.17) is 4.74 Å². The van der Waals surface area contributed by atoms with Crippen LogP contribution in [-0.4, -0.2) is 47.4 Å². The van der Waals surface area contributed by atoms with Gasteiger partial charge in [0.05, 0.1) is 25.4 Å². The number of esters is 1. The molecule has 2 atom stereocenters. The van der Waals surface area contributed by atoms with Crippen LogP contribution in [0.1, 0.15) is 341 Å². The number of aliphatic hydroxyl groups is 2. The second-order valence-corrected chi connectivity index (χ2v) is 21.7. The van der Waals surface area contributed by atoms with Crippen molar-refractivity contribution in [1.82, 2.24) is 5.32 Å². The largest absolute Gasteiger partial charge is 0.466 e. The van der Waals surface area contributed by atoms with Crippen molar-refractivity contribution < 1.29 is 24.5 Å². The predicted molar refractivity (Wildman–Crippen MR) is 310 cm³/mol. The number of rotatable bonds is 59. The Bertz CT molecular complexity index is 1150. The van der Waals surface area contributed by atoms with Crippen molar-refractivity contribution >= 4 is 11.9 Å². The van der Waals surface area contributed by atoms with Crippen molar-refractivity contribution in [3.8, 4) is 0 Å². The lowest BCUT2D eigenvalue weighted by molar-refractivity contribution is -0.143. The van der Waals surface area contributed by atoms with E-state index in [1.54, 1.807) is 0 Å². The molecule has 6 nitrogen and oxygen atoms in total. The highest BCUT2D eigenvalue weighted by molar-refractivity contribution is 5.76. The van der Waals surface area contributed by atoms with Gasteiger partial charge in [-0.15, -0.1) is 0 Å². The van der Waals surface area contributed by atoms with Crippen molar-refractivity contribution in [2.45, 2.75) is 353 Å². The quantitative estimate of drug-likeness (QED) is 0.0321. The smallest absolute Gasteiger partial charge is 0.305 e. The summed E-state index contributed by atoms with van der Waals surface area (Å²) in [7, 11) is 0. The molecule has 0 saturated heterocycles. The van der Waals surface area contributed by atoms with Crippen molar-refractivity contribution in [3.63, 3.8) is 0 Å². The van der Waals surface area contributed by atoms with Crippen molar-refractivity contribution in [3.05, 3.63) is 36.5 Å². The van der Waals surface area contributed by atoms with Crippen LogP contribution in [-0.2, 0) is 14.3 Å². The van der Waals surface area contributed by atoms with Crippen LogP contribution in [0, 0.1) is 0 Å². The Kier molecular flexibility index (Phi) is 59.0. The van der Waals surface area contributed by atoms with Crippen LogP contribution in [0.15, 0.2) is 36.5 Å². The molecule has 3 N–H and O–H groups in total. The molecule has 0 aliphatic heterocycles. The lowest BCUT2D eigenvalue weighted by Crippen LogP contribution is -2.45. The molecule has 0 aromatic rings. The van der Waals surface area contributed by atoms with Gasteiger partial charge in [0.2, 0.25) is 5.91 Å². The van der Waals surface area contributed by atoms with Gasteiger partial charge in [0, 0.05) is 12.8 Å². The number of allylic oxidation sites excluding steroid dienone is 6. The summed E-state index contributed by atoms with van der Waals surface area (Å²) in [4.78, 5) is 24.5. The second kappa shape index (κ2) is 60.6. The predicted octanol–water partition coefficient (Wildman–Crippen LogP) is 20.0. The second-order valence-electron chi connectivity index (χ2n) is 21.7. The van der Waals surface area contributed by atoms with Gasteiger partial charge in [0.1, 0.15) is 0 Å². The van der Waals surface area contributed by atoms with Crippen LogP contribution in [0.4, 0.5) is 0 Å². The van der Waals surface area contributed by atoms with Crippen LogP contribution >= 0.6 is 0 Å². The fourth-order valence-electron chi connectivity index (χ4n) is 9.78. The summed E-state index contributed by atoms with van der Waals surface area (Å²) in [5.74, 6) is -0.0356. The molecule has 6 heteroatoms. The molecule has 0 aromatic carbocycles. The zero-order valence-electron chi connectivity index (χ0n) is 47.7. The van der Waals surface area contributed by atoms with Crippen molar-refractivity contribution in [2.24, 2.45) is 0 Å². The van der Waals surface area contributed by atoms with Gasteiger partial charge >= 0.3 is 5.97 Å². The van der Waals surface area contributed by atoms with E-state index in [2.05, 4.69) is 55.6 Å². The van der Waals surface area contributed by atoms with Gasteiger partial charge in [-0.3, -0.25) is 9.59 Å². The van der Waals surface area contributed by atoms with E-state index in [0.29, 0.717) is 25.9 Å². The number of hydrogen-bond acceptors (Lipinski definition) is 5. The Morgan fingerprint density at radius 1 is 0.394 bits per heavy atom. The van der Waals surface area contributed by atoms with Gasteiger partial charge in [0.15, 0.2) is 0 Å². The molecular weight excluding hydrogens is 875 g/mol. The van der Waals surface area contributed by atoms with Crippen LogP contribution in [0.2, 0.25) is 0 Å². The topological polar surface area (TPSA) is 95.9 Å². The number of amides is 1. The fourth-order valence-corrected chi connectivity index (χ4v) is 9.78. The summed E-state index contributed by atoms with van der Waals surface area (Å²) >= 11 is 0. The first-order valence-electron chi connectivity index (χ1n) is 31.7. The summed E-state index contributed by atoms with van der Waals surface area (Å²) in [6.07, 6.45) is 75.9. The molecule has 0 aliphatic carbocycles. The maximum absolute atomic E-state index is 12.5. The molecule has 0 bridgehead atoms. The third-order valence-corrected chi connectivity index (χ3v) is 14.7. The number of aliphatic hydroxyl groups excluding tert-OH is 2. The molecule has 0 saturated carbocycles.